The van der Waals surface area contributed by atoms with E-state index < -0.39 is 51.5 Å². The van der Waals surface area contributed by atoms with Crippen molar-refractivity contribution in [3.63, 3.8) is 0 Å². The highest BCUT2D eigenvalue weighted by Crippen LogP contribution is 2.29. The first-order valence-electron chi connectivity index (χ1n) is 14.1. The molecule has 0 atom stereocenters. The van der Waals surface area contributed by atoms with Gasteiger partial charge in [-0.15, -0.1) is 11.3 Å². The molecule has 2 amide bonds. The molecule has 250 valence electrons. The molecule has 0 bridgehead atoms. The van der Waals surface area contributed by atoms with E-state index in [4.69, 9.17) is 16.1 Å². The van der Waals surface area contributed by atoms with Crippen LogP contribution < -0.4 is 10.6 Å². The Hall–Kier alpha value is -2.81. The van der Waals surface area contributed by atoms with Gasteiger partial charge in [0.25, 0.3) is 0 Å². The molecule has 0 aliphatic carbocycles. The molecule has 0 aliphatic heterocycles. The third-order valence-corrected chi connectivity index (χ3v) is 13.8. The lowest BCUT2D eigenvalue weighted by molar-refractivity contribution is -0.118. The Morgan fingerprint density at radius 3 is 1.71 bits per heavy atom. The lowest BCUT2D eigenvalue weighted by Gasteiger charge is -2.25. The first-order valence-corrected chi connectivity index (χ1v) is 18.5. The predicted molar refractivity (Wildman–Crippen MR) is 181 cm³/mol. The highest BCUT2D eigenvalue weighted by molar-refractivity contribution is 7.94. The number of hydrogen-bond donors (Lipinski definition) is 2. The van der Waals surface area contributed by atoms with Crippen molar-refractivity contribution in [1.82, 2.24) is 10.1 Å². The Labute approximate surface area is 275 Å². The second-order valence-electron chi connectivity index (χ2n) is 13.0. The summed E-state index contributed by atoms with van der Waals surface area (Å²) >= 11 is 7.10. The van der Waals surface area contributed by atoms with Crippen LogP contribution in [0.15, 0.2) is 40.2 Å². The van der Waals surface area contributed by atoms with E-state index in [0.29, 0.717) is 21.5 Å². The average molecular weight is 703 g/mol. The van der Waals surface area contributed by atoms with Gasteiger partial charge in [-0.1, -0.05) is 49.7 Å². The molecule has 2 aromatic heterocycles. The van der Waals surface area contributed by atoms with Crippen LogP contribution in [-0.2, 0) is 34.7 Å². The second-order valence-corrected chi connectivity index (χ2v) is 20.4. The number of nitrogens with one attached hydrogen (secondary N) is 2. The lowest BCUT2D eigenvalue weighted by Crippen LogP contribution is -2.47. The maximum absolute atomic E-state index is 12.4. The van der Waals surface area contributed by atoms with Gasteiger partial charge in [-0.25, -0.2) is 21.8 Å². The molecular formula is C30H43ClN4O7S3. The zero-order chi connectivity index (χ0) is 34.8. The summed E-state index contributed by atoms with van der Waals surface area (Å²) in [5.41, 5.74) is 2.02. The van der Waals surface area contributed by atoms with Crippen LogP contribution >= 0.6 is 22.9 Å². The minimum Gasteiger partial charge on any atom is -0.338 e. The average Bonchev–Trinajstić information content (AvgIpc) is 3.59. The van der Waals surface area contributed by atoms with Gasteiger partial charge >= 0.3 is 0 Å². The van der Waals surface area contributed by atoms with Gasteiger partial charge in [0.2, 0.25) is 17.7 Å². The van der Waals surface area contributed by atoms with E-state index in [0.717, 1.165) is 5.56 Å². The van der Waals surface area contributed by atoms with Crippen LogP contribution in [0.2, 0.25) is 5.02 Å². The summed E-state index contributed by atoms with van der Waals surface area (Å²) in [6.45, 7) is 17.7. The van der Waals surface area contributed by atoms with E-state index in [9.17, 15) is 26.4 Å². The van der Waals surface area contributed by atoms with Crippen molar-refractivity contribution in [2.75, 3.05) is 10.6 Å². The molecule has 0 aliphatic rings. The van der Waals surface area contributed by atoms with Crippen LogP contribution in [0.4, 0.5) is 11.0 Å². The van der Waals surface area contributed by atoms with Gasteiger partial charge in [-0.05, 0) is 67.5 Å². The summed E-state index contributed by atoms with van der Waals surface area (Å²) in [5, 5.41) is 10.5. The molecule has 0 unspecified atom stereocenters. The predicted octanol–water partition coefficient (Wildman–Crippen LogP) is 6.52. The minimum atomic E-state index is -3.60. The fourth-order valence-corrected chi connectivity index (χ4v) is 7.54. The second kappa shape index (κ2) is 13.9. The Morgan fingerprint density at radius 2 is 1.29 bits per heavy atom. The monoisotopic (exact) mass is 702 g/mol. The Balaban J connectivity index is 0.000000317. The summed E-state index contributed by atoms with van der Waals surface area (Å²) in [5.74, 6) is -1.07. The molecule has 0 radical (unpaired) electrons. The molecule has 15 heteroatoms. The van der Waals surface area contributed by atoms with Crippen LogP contribution in [0.3, 0.4) is 0 Å². The van der Waals surface area contributed by atoms with Crippen molar-refractivity contribution >= 4 is 65.4 Å². The normalized spacial score (nSPS) is 12.9. The number of aromatic nitrogens is 2. The van der Waals surface area contributed by atoms with E-state index >= 15 is 0 Å². The van der Waals surface area contributed by atoms with Crippen LogP contribution in [0, 0.1) is 0 Å². The van der Waals surface area contributed by atoms with Gasteiger partial charge in [0, 0.05) is 27.4 Å². The molecule has 0 fully saturated rings. The molecule has 1 aromatic carbocycles. The molecule has 45 heavy (non-hydrogen) atoms. The van der Waals surface area contributed by atoms with Crippen LogP contribution in [0.1, 0.15) is 81.9 Å². The first kappa shape index (κ1) is 38.4. The van der Waals surface area contributed by atoms with Gasteiger partial charge in [0.15, 0.2) is 24.8 Å². The first-order chi connectivity index (χ1) is 20.4. The lowest BCUT2D eigenvalue weighted by atomic mass is 9.92. The fourth-order valence-electron chi connectivity index (χ4n) is 3.72. The molecule has 0 spiro atoms. The van der Waals surface area contributed by atoms with Gasteiger partial charge in [-0.3, -0.25) is 14.9 Å². The van der Waals surface area contributed by atoms with E-state index in [2.05, 4.69) is 20.8 Å². The number of halogens is 1. The maximum atomic E-state index is 12.4. The number of benzene rings is 1. The number of thiazole rings is 1. The van der Waals surface area contributed by atoms with Crippen molar-refractivity contribution in [2.24, 2.45) is 0 Å². The highest BCUT2D eigenvalue weighted by atomic mass is 35.5. The summed E-state index contributed by atoms with van der Waals surface area (Å²) in [7, 11) is -7.19. The Morgan fingerprint density at radius 1 is 0.822 bits per heavy atom. The zero-order valence-electron chi connectivity index (χ0n) is 27.5. The van der Waals surface area contributed by atoms with Gasteiger partial charge in [-0.2, -0.15) is 0 Å². The minimum absolute atomic E-state index is 0.150. The molecule has 11 nitrogen and oxygen atoms in total. The van der Waals surface area contributed by atoms with Gasteiger partial charge in [0.05, 0.1) is 21.9 Å². The summed E-state index contributed by atoms with van der Waals surface area (Å²) in [6.07, 6.45) is 0. The molecule has 3 aromatic rings. The molecular weight excluding hydrogens is 660 g/mol. The van der Waals surface area contributed by atoms with E-state index in [1.165, 1.54) is 39.0 Å². The van der Waals surface area contributed by atoms with Crippen molar-refractivity contribution in [1.29, 1.82) is 0 Å². The number of sulfone groups is 2. The van der Waals surface area contributed by atoms with E-state index in [1.54, 1.807) is 51.3 Å². The van der Waals surface area contributed by atoms with Crippen LogP contribution in [0.5, 0.6) is 0 Å². The highest BCUT2D eigenvalue weighted by Gasteiger charge is 2.44. The fraction of sp³-hybridized carbons (Fsp3) is 0.533. The number of carbonyl (C=O) groups excluding carboxylic acids is 2. The van der Waals surface area contributed by atoms with Gasteiger partial charge in [0.1, 0.15) is 9.49 Å². The Bertz CT molecular complexity index is 1720. The molecule has 0 saturated carbocycles. The Kier molecular flexibility index (Phi) is 11.9. The topological polar surface area (TPSA) is 165 Å². The largest absolute Gasteiger partial charge is 0.338 e. The maximum Gasteiger partial charge on any atom is 0.247 e. The summed E-state index contributed by atoms with van der Waals surface area (Å²) < 4.78 is 51.2. The van der Waals surface area contributed by atoms with E-state index in [1.807, 2.05) is 32.9 Å². The third kappa shape index (κ3) is 8.72. The van der Waals surface area contributed by atoms with Crippen molar-refractivity contribution < 1.29 is 30.9 Å². The van der Waals surface area contributed by atoms with Crippen molar-refractivity contribution in [3.8, 4) is 11.3 Å². The summed E-state index contributed by atoms with van der Waals surface area (Å²) in [6, 6.07) is 8.78. The standard InChI is InChI=1S/C16H19ClN2O3S2.C14H24N2O4S/c1-10(2)24(21,22)16(3,4)14(20)19-15-18-13(9-23-15)11-5-7-12(17)8-6-11;1-9(2)21(18,19)14(6,7)12(17)15-11-8-10(16-20-11)13(3,4)5/h5-10H,1-4H3,(H,18,19,20);8-9H,1-7H3,(H,15,17). The third-order valence-electron chi connectivity index (χ3n) is 7.14. The van der Waals surface area contributed by atoms with Crippen molar-refractivity contribution in [3.05, 3.63) is 46.4 Å². The molecule has 3 rings (SSSR count). The molecule has 0 saturated heterocycles. The number of carbonyl (C=O) groups is 2. The number of amides is 2. The zero-order valence-corrected chi connectivity index (χ0v) is 30.7. The van der Waals surface area contributed by atoms with Crippen LogP contribution in [0.25, 0.3) is 11.3 Å². The molecule has 2 heterocycles. The number of rotatable bonds is 9. The van der Waals surface area contributed by atoms with E-state index in [-0.39, 0.29) is 11.3 Å². The SMILES string of the molecule is CC(C)S(=O)(=O)C(C)(C)C(=O)Nc1cc(C(C)(C)C)no1.CC(C)S(=O)(=O)C(C)(C)C(=O)Nc1nc(-c2ccc(Cl)cc2)cs1. The summed E-state index contributed by atoms with van der Waals surface area (Å²) in [4.78, 5) is 29.0. The molecule has 2 N–H and O–H groups in total. The number of nitrogens with zero attached hydrogens (tertiary/aromatic N) is 2. The van der Waals surface area contributed by atoms with Crippen LogP contribution in [-0.4, -0.2) is 58.8 Å². The smallest absolute Gasteiger partial charge is 0.247 e. The van der Waals surface area contributed by atoms with Gasteiger partial charge < -0.3 is 9.84 Å². The quantitative estimate of drug-likeness (QED) is 0.253. The van der Waals surface area contributed by atoms with Crippen molar-refractivity contribution in [2.45, 2.75) is 102 Å². The number of hydrogen-bond acceptors (Lipinski definition) is 10. The number of anilines is 2.